The summed E-state index contributed by atoms with van der Waals surface area (Å²) >= 11 is 0. The lowest BCUT2D eigenvalue weighted by Crippen LogP contribution is -2.49. The Bertz CT molecular complexity index is 946. The molecule has 150 valence electrons. The zero-order valence-corrected chi connectivity index (χ0v) is 16.6. The molecular weight excluding hydrogens is 366 g/mol. The number of rotatable bonds is 3. The molecule has 0 atom stereocenters. The number of aromatic nitrogens is 2. The number of nitrogens with one attached hydrogen (secondary N) is 1. The highest BCUT2D eigenvalue weighted by Crippen LogP contribution is 2.22. The van der Waals surface area contributed by atoms with E-state index in [0.717, 1.165) is 43.7 Å². The first-order chi connectivity index (χ1) is 14.1. The van der Waals surface area contributed by atoms with Gasteiger partial charge < -0.3 is 0 Å². The Morgan fingerprint density at radius 2 is 1.90 bits per heavy atom. The van der Waals surface area contributed by atoms with Crippen molar-refractivity contribution >= 4 is 17.6 Å². The first-order valence-corrected chi connectivity index (χ1v) is 10.0. The second-order valence-corrected chi connectivity index (χ2v) is 7.61. The summed E-state index contributed by atoms with van der Waals surface area (Å²) in [5, 5.41) is 6.78. The van der Waals surface area contributed by atoms with Crippen LogP contribution in [0.4, 0.5) is 10.5 Å². The van der Waals surface area contributed by atoms with Gasteiger partial charge in [-0.25, -0.2) is 4.79 Å². The Labute approximate surface area is 170 Å². The molecule has 0 aliphatic carbocycles. The molecule has 7 nitrogen and oxygen atoms in total. The molecule has 7 heteroatoms. The van der Waals surface area contributed by atoms with E-state index in [1.807, 2.05) is 30.5 Å². The summed E-state index contributed by atoms with van der Waals surface area (Å²) in [6.07, 6.45) is 6.55. The summed E-state index contributed by atoms with van der Waals surface area (Å²) in [7, 11) is 0. The van der Waals surface area contributed by atoms with Gasteiger partial charge in [0.1, 0.15) is 0 Å². The SMILES string of the molecule is Cc1cnn(C2CCN(CC#Cc3ccc(N4CCC(=O)NC4=O)cc3)CC2)c1. The number of imide groups is 1. The van der Waals surface area contributed by atoms with Crippen LogP contribution in [0, 0.1) is 18.8 Å². The zero-order chi connectivity index (χ0) is 20.2. The Kier molecular flexibility index (Phi) is 5.63. The number of hydrogen-bond acceptors (Lipinski definition) is 4. The van der Waals surface area contributed by atoms with Crippen LogP contribution >= 0.6 is 0 Å². The van der Waals surface area contributed by atoms with Crippen molar-refractivity contribution in [3.8, 4) is 11.8 Å². The quantitative estimate of drug-likeness (QED) is 0.816. The lowest BCUT2D eigenvalue weighted by atomic mass is 10.1. The predicted molar refractivity (Wildman–Crippen MR) is 110 cm³/mol. The van der Waals surface area contributed by atoms with Gasteiger partial charge in [-0.2, -0.15) is 5.10 Å². The number of aryl methyl sites for hydroxylation is 1. The molecule has 3 heterocycles. The van der Waals surface area contributed by atoms with Crippen LogP contribution in [0.25, 0.3) is 0 Å². The first kappa shape index (κ1) is 19.2. The van der Waals surface area contributed by atoms with Crippen molar-refractivity contribution < 1.29 is 9.59 Å². The van der Waals surface area contributed by atoms with Crippen molar-refractivity contribution in [3.05, 3.63) is 47.8 Å². The Balaban J connectivity index is 1.28. The number of carbonyl (C=O) groups excluding carboxylic acids is 2. The van der Waals surface area contributed by atoms with Crippen LogP contribution in [0.1, 0.15) is 36.4 Å². The number of piperidine rings is 1. The fourth-order valence-corrected chi connectivity index (χ4v) is 3.76. The Morgan fingerprint density at radius 1 is 1.14 bits per heavy atom. The molecule has 1 aromatic carbocycles. The summed E-state index contributed by atoms with van der Waals surface area (Å²) in [5.74, 6) is 6.24. The van der Waals surface area contributed by atoms with Crippen LogP contribution in [0.15, 0.2) is 36.7 Å². The maximum atomic E-state index is 11.9. The maximum Gasteiger partial charge on any atom is 0.328 e. The molecule has 0 bridgehead atoms. The molecule has 0 saturated carbocycles. The Morgan fingerprint density at radius 3 is 2.55 bits per heavy atom. The monoisotopic (exact) mass is 391 g/mol. The third kappa shape index (κ3) is 4.66. The minimum Gasteiger partial charge on any atom is -0.294 e. The summed E-state index contributed by atoms with van der Waals surface area (Å²) in [6, 6.07) is 7.70. The van der Waals surface area contributed by atoms with Gasteiger partial charge >= 0.3 is 6.03 Å². The van der Waals surface area contributed by atoms with Crippen LogP contribution in [0.5, 0.6) is 0 Å². The van der Waals surface area contributed by atoms with E-state index in [1.54, 1.807) is 4.90 Å². The number of anilines is 1. The highest BCUT2D eigenvalue weighted by Gasteiger charge is 2.24. The Hall–Kier alpha value is -3.11. The third-order valence-electron chi connectivity index (χ3n) is 5.43. The molecule has 0 unspecified atom stereocenters. The maximum absolute atomic E-state index is 11.9. The number of urea groups is 1. The lowest BCUT2D eigenvalue weighted by molar-refractivity contribution is -0.120. The number of carbonyl (C=O) groups is 2. The lowest BCUT2D eigenvalue weighted by Gasteiger charge is -2.30. The van der Waals surface area contributed by atoms with Crippen LogP contribution < -0.4 is 10.2 Å². The van der Waals surface area contributed by atoms with Gasteiger partial charge in [0.2, 0.25) is 5.91 Å². The molecule has 3 amide bonds. The largest absolute Gasteiger partial charge is 0.328 e. The normalized spacial score (nSPS) is 18.3. The fourth-order valence-electron chi connectivity index (χ4n) is 3.76. The van der Waals surface area contributed by atoms with Crippen molar-refractivity contribution in [1.82, 2.24) is 20.0 Å². The minimum atomic E-state index is -0.367. The molecule has 4 rings (SSSR count). The van der Waals surface area contributed by atoms with Gasteiger partial charge in [0, 0.05) is 43.5 Å². The number of benzene rings is 1. The number of hydrogen-bond donors (Lipinski definition) is 1. The van der Waals surface area contributed by atoms with Gasteiger partial charge in [0.05, 0.1) is 18.8 Å². The van der Waals surface area contributed by atoms with Crippen LogP contribution in [-0.4, -0.2) is 52.8 Å². The molecular formula is C22H25N5O2. The smallest absolute Gasteiger partial charge is 0.294 e. The van der Waals surface area contributed by atoms with Gasteiger partial charge in [-0.1, -0.05) is 11.8 Å². The summed E-state index contributed by atoms with van der Waals surface area (Å²) in [4.78, 5) is 27.1. The van der Waals surface area contributed by atoms with Gasteiger partial charge in [-0.05, 0) is 49.6 Å². The topological polar surface area (TPSA) is 70.5 Å². The highest BCUT2D eigenvalue weighted by molar-refractivity contribution is 6.05. The van der Waals surface area contributed by atoms with E-state index < -0.39 is 0 Å². The van der Waals surface area contributed by atoms with E-state index in [0.29, 0.717) is 19.0 Å². The van der Waals surface area contributed by atoms with Gasteiger partial charge in [-0.3, -0.25) is 24.6 Å². The minimum absolute atomic E-state index is 0.225. The average Bonchev–Trinajstić information content (AvgIpc) is 3.16. The fraction of sp³-hybridized carbons (Fsp3) is 0.409. The summed E-state index contributed by atoms with van der Waals surface area (Å²) in [5.41, 5.74) is 2.90. The van der Waals surface area contributed by atoms with E-state index in [9.17, 15) is 9.59 Å². The van der Waals surface area contributed by atoms with Crippen LogP contribution in [-0.2, 0) is 4.79 Å². The molecule has 2 fully saturated rings. The van der Waals surface area contributed by atoms with Crippen molar-refractivity contribution in [2.75, 3.05) is 31.1 Å². The van der Waals surface area contributed by atoms with Crippen LogP contribution in [0.2, 0.25) is 0 Å². The van der Waals surface area contributed by atoms with E-state index >= 15 is 0 Å². The molecule has 2 saturated heterocycles. The number of nitrogens with zero attached hydrogens (tertiary/aromatic N) is 4. The van der Waals surface area contributed by atoms with E-state index in [-0.39, 0.29) is 11.9 Å². The second-order valence-electron chi connectivity index (χ2n) is 7.61. The van der Waals surface area contributed by atoms with Gasteiger partial charge in [0.15, 0.2) is 0 Å². The first-order valence-electron chi connectivity index (χ1n) is 10.0. The van der Waals surface area contributed by atoms with Crippen molar-refractivity contribution in [3.63, 3.8) is 0 Å². The summed E-state index contributed by atoms with van der Waals surface area (Å²) in [6.45, 7) is 5.29. The van der Waals surface area contributed by atoms with Gasteiger partial charge in [-0.15, -0.1) is 0 Å². The molecule has 1 aromatic heterocycles. The molecule has 0 radical (unpaired) electrons. The van der Waals surface area contributed by atoms with E-state index in [4.69, 9.17) is 0 Å². The third-order valence-corrected chi connectivity index (χ3v) is 5.43. The van der Waals surface area contributed by atoms with Crippen molar-refractivity contribution in [1.29, 1.82) is 0 Å². The van der Waals surface area contributed by atoms with Crippen molar-refractivity contribution in [2.45, 2.75) is 32.2 Å². The molecule has 0 spiro atoms. The van der Waals surface area contributed by atoms with E-state index in [2.05, 4.69) is 45.0 Å². The van der Waals surface area contributed by atoms with Crippen LogP contribution in [0.3, 0.4) is 0 Å². The van der Waals surface area contributed by atoms with Gasteiger partial charge in [0.25, 0.3) is 0 Å². The average molecular weight is 391 g/mol. The standard InChI is InChI=1S/C22H25N5O2/c1-17-15-23-27(16-17)20-8-12-25(13-9-20)11-2-3-18-4-6-19(7-5-18)26-14-10-21(28)24-22(26)29/h4-7,15-16,20H,8-14H2,1H3,(H,24,28,29). The molecule has 2 aromatic rings. The van der Waals surface area contributed by atoms with E-state index in [1.165, 1.54) is 5.56 Å². The second kappa shape index (κ2) is 8.50. The molecule has 1 N–H and O–H groups in total. The zero-order valence-electron chi connectivity index (χ0n) is 16.6. The molecule has 2 aliphatic heterocycles. The van der Waals surface area contributed by atoms with Crippen molar-refractivity contribution in [2.24, 2.45) is 0 Å². The number of amides is 3. The highest BCUT2D eigenvalue weighted by atomic mass is 16.2. The predicted octanol–water partition coefficient (Wildman–Crippen LogP) is 2.33. The summed E-state index contributed by atoms with van der Waals surface area (Å²) < 4.78 is 2.10. The number of likely N-dealkylation sites (tertiary alicyclic amines) is 1. The molecule has 29 heavy (non-hydrogen) atoms. The molecule has 2 aliphatic rings.